The molecule has 2 rings (SSSR count). The fourth-order valence-corrected chi connectivity index (χ4v) is 1.88. The highest BCUT2D eigenvalue weighted by molar-refractivity contribution is 5.97. The van der Waals surface area contributed by atoms with Gasteiger partial charge in [0.1, 0.15) is 11.6 Å². The third kappa shape index (κ3) is 4.65. The largest absolute Gasteiger partial charge is 0.380 e. The minimum absolute atomic E-state index is 0.0721. The van der Waals surface area contributed by atoms with Crippen LogP contribution in [0.5, 0.6) is 0 Å². The van der Waals surface area contributed by atoms with Crippen molar-refractivity contribution in [2.24, 2.45) is 5.92 Å². The molecular formula is C15H19F2NO2. The third-order valence-electron chi connectivity index (χ3n) is 3.31. The first-order chi connectivity index (χ1) is 9.56. The fraction of sp³-hybridized carbons (Fsp3) is 0.533. The number of hydrogen-bond donors (Lipinski definition) is 0. The summed E-state index contributed by atoms with van der Waals surface area (Å²) in [6, 6.07) is 3.01. The molecule has 0 saturated heterocycles. The third-order valence-corrected chi connectivity index (χ3v) is 3.31. The van der Waals surface area contributed by atoms with Crippen molar-refractivity contribution < 1.29 is 18.3 Å². The molecule has 0 spiro atoms. The van der Waals surface area contributed by atoms with Crippen molar-refractivity contribution >= 4 is 5.78 Å². The first-order valence-electron chi connectivity index (χ1n) is 6.81. The maximum Gasteiger partial charge on any atom is 0.179 e. The zero-order valence-electron chi connectivity index (χ0n) is 11.6. The van der Waals surface area contributed by atoms with Crippen LogP contribution in [0, 0.1) is 17.6 Å². The average Bonchev–Trinajstić information content (AvgIpc) is 3.18. The Kier molecular flexibility index (Phi) is 5.20. The van der Waals surface area contributed by atoms with Crippen molar-refractivity contribution in [3.8, 4) is 0 Å². The molecule has 1 aliphatic rings. The molecular weight excluding hydrogens is 264 g/mol. The van der Waals surface area contributed by atoms with E-state index >= 15 is 0 Å². The number of nitrogens with zero attached hydrogens (tertiary/aromatic N) is 1. The van der Waals surface area contributed by atoms with Crippen molar-refractivity contribution in [2.45, 2.75) is 12.8 Å². The maximum absolute atomic E-state index is 13.4. The number of Topliss-reactive ketones (excluding diaryl/α,β-unsaturated/α-hetero) is 1. The van der Waals surface area contributed by atoms with E-state index in [4.69, 9.17) is 4.74 Å². The summed E-state index contributed by atoms with van der Waals surface area (Å²) in [6.07, 6.45) is 2.50. The van der Waals surface area contributed by atoms with Gasteiger partial charge in [0, 0.05) is 19.2 Å². The molecule has 1 aliphatic carbocycles. The summed E-state index contributed by atoms with van der Waals surface area (Å²) >= 11 is 0. The zero-order chi connectivity index (χ0) is 14.5. The first-order valence-corrected chi connectivity index (χ1v) is 6.81. The normalized spacial score (nSPS) is 14.8. The van der Waals surface area contributed by atoms with Crippen molar-refractivity contribution in [1.29, 1.82) is 0 Å². The van der Waals surface area contributed by atoms with Gasteiger partial charge in [-0.3, -0.25) is 9.69 Å². The maximum atomic E-state index is 13.4. The second-order valence-corrected chi connectivity index (χ2v) is 5.30. The van der Waals surface area contributed by atoms with E-state index in [1.54, 1.807) is 11.9 Å². The highest BCUT2D eigenvalue weighted by Gasteiger charge is 2.21. The Hall–Kier alpha value is -1.33. The Morgan fingerprint density at radius 3 is 2.80 bits per heavy atom. The van der Waals surface area contributed by atoms with Crippen LogP contribution in [0.2, 0.25) is 0 Å². The number of ketones is 1. The molecule has 110 valence electrons. The van der Waals surface area contributed by atoms with E-state index in [1.165, 1.54) is 18.9 Å². The van der Waals surface area contributed by atoms with E-state index in [-0.39, 0.29) is 17.9 Å². The predicted octanol–water partition coefficient (Wildman–Crippen LogP) is 2.51. The first kappa shape index (κ1) is 15.1. The van der Waals surface area contributed by atoms with Gasteiger partial charge in [-0.05, 0) is 37.9 Å². The lowest BCUT2D eigenvalue weighted by atomic mass is 10.1. The van der Waals surface area contributed by atoms with Crippen LogP contribution in [0.4, 0.5) is 8.78 Å². The molecule has 1 saturated carbocycles. The Morgan fingerprint density at radius 1 is 1.40 bits per heavy atom. The van der Waals surface area contributed by atoms with Crippen LogP contribution in [0.1, 0.15) is 23.2 Å². The van der Waals surface area contributed by atoms with Gasteiger partial charge >= 0.3 is 0 Å². The van der Waals surface area contributed by atoms with Gasteiger partial charge in [0.25, 0.3) is 0 Å². The number of ether oxygens (including phenoxy) is 1. The van der Waals surface area contributed by atoms with E-state index in [1.807, 2.05) is 0 Å². The van der Waals surface area contributed by atoms with Crippen LogP contribution in [0.25, 0.3) is 0 Å². The molecule has 0 bridgehead atoms. The van der Waals surface area contributed by atoms with Gasteiger partial charge in [0.15, 0.2) is 5.78 Å². The smallest absolute Gasteiger partial charge is 0.179 e. The van der Waals surface area contributed by atoms with Gasteiger partial charge in [-0.2, -0.15) is 0 Å². The van der Waals surface area contributed by atoms with Gasteiger partial charge in [-0.25, -0.2) is 8.78 Å². The lowest BCUT2D eigenvalue weighted by molar-refractivity contribution is 0.0858. The van der Waals surface area contributed by atoms with Crippen LogP contribution in [0.3, 0.4) is 0 Å². The van der Waals surface area contributed by atoms with Gasteiger partial charge < -0.3 is 4.74 Å². The second-order valence-electron chi connectivity index (χ2n) is 5.30. The second kappa shape index (κ2) is 6.90. The molecule has 20 heavy (non-hydrogen) atoms. The van der Waals surface area contributed by atoms with E-state index in [0.717, 1.165) is 24.7 Å². The molecule has 1 fully saturated rings. The molecule has 0 atom stereocenters. The summed E-state index contributed by atoms with van der Waals surface area (Å²) < 4.78 is 31.7. The highest BCUT2D eigenvalue weighted by atomic mass is 19.1. The number of carbonyl (C=O) groups is 1. The van der Waals surface area contributed by atoms with E-state index < -0.39 is 11.6 Å². The van der Waals surface area contributed by atoms with E-state index in [2.05, 4.69) is 0 Å². The lowest BCUT2D eigenvalue weighted by Gasteiger charge is -2.16. The van der Waals surface area contributed by atoms with Crippen LogP contribution < -0.4 is 0 Å². The molecule has 0 N–H and O–H groups in total. The topological polar surface area (TPSA) is 29.5 Å². The number of halogens is 2. The highest BCUT2D eigenvalue weighted by Crippen LogP contribution is 2.28. The number of rotatable bonds is 8. The Bertz CT molecular complexity index is 475. The lowest BCUT2D eigenvalue weighted by Crippen LogP contribution is -2.29. The van der Waals surface area contributed by atoms with Crippen LogP contribution in [0.15, 0.2) is 18.2 Å². The molecule has 1 aromatic rings. The molecule has 0 aromatic heterocycles. The van der Waals surface area contributed by atoms with Crippen molar-refractivity contribution in [3.05, 3.63) is 35.4 Å². The van der Waals surface area contributed by atoms with E-state index in [9.17, 15) is 13.6 Å². The van der Waals surface area contributed by atoms with Crippen LogP contribution in [-0.4, -0.2) is 44.0 Å². The summed E-state index contributed by atoms with van der Waals surface area (Å²) in [6.45, 7) is 2.05. The minimum Gasteiger partial charge on any atom is -0.380 e. The fourth-order valence-electron chi connectivity index (χ4n) is 1.88. The van der Waals surface area contributed by atoms with Crippen LogP contribution >= 0.6 is 0 Å². The Balaban J connectivity index is 1.74. The van der Waals surface area contributed by atoms with Gasteiger partial charge in [-0.1, -0.05) is 0 Å². The SMILES string of the molecule is CN(CCOCC1CC1)CC(=O)c1ccc(F)cc1F. The summed E-state index contributed by atoms with van der Waals surface area (Å²) in [5, 5.41) is 0. The van der Waals surface area contributed by atoms with Crippen molar-refractivity contribution in [2.75, 3.05) is 33.4 Å². The zero-order valence-corrected chi connectivity index (χ0v) is 11.6. The molecule has 0 radical (unpaired) electrons. The number of likely N-dealkylation sites (N-methyl/N-ethyl adjacent to an activating group) is 1. The molecule has 0 amide bonds. The molecule has 5 heteroatoms. The van der Waals surface area contributed by atoms with Crippen LogP contribution in [-0.2, 0) is 4.74 Å². The molecule has 0 aliphatic heterocycles. The number of benzene rings is 1. The summed E-state index contributed by atoms with van der Waals surface area (Å²) in [5.41, 5.74) is -0.0721. The predicted molar refractivity (Wildman–Crippen MR) is 71.7 cm³/mol. The van der Waals surface area contributed by atoms with E-state index in [0.29, 0.717) is 13.2 Å². The molecule has 1 aromatic carbocycles. The average molecular weight is 283 g/mol. The summed E-state index contributed by atoms with van der Waals surface area (Å²) in [4.78, 5) is 13.7. The Morgan fingerprint density at radius 2 is 2.15 bits per heavy atom. The molecule has 0 heterocycles. The van der Waals surface area contributed by atoms with Crippen molar-refractivity contribution in [1.82, 2.24) is 4.90 Å². The molecule has 0 unspecified atom stereocenters. The number of carbonyl (C=O) groups excluding carboxylic acids is 1. The molecule has 3 nitrogen and oxygen atoms in total. The summed E-state index contributed by atoms with van der Waals surface area (Å²) in [7, 11) is 1.78. The van der Waals surface area contributed by atoms with Crippen molar-refractivity contribution in [3.63, 3.8) is 0 Å². The van der Waals surface area contributed by atoms with Gasteiger partial charge in [0.05, 0.1) is 18.7 Å². The quantitative estimate of drug-likeness (QED) is 0.542. The number of hydrogen-bond acceptors (Lipinski definition) is 3. The standard InChI is InChI=1S/C15H19F2NO2/c1-18(6-7-20-10-11-2-3-11)9-15(19)13-5-4-12(16)8-14(13)17/h4-5,8,11H,2-3,6-7,9-10H2,1H3. The monoisotopic (exact) mass is 283 g/mol. The van der Waals surface area contributed by atoms with Gasteiger partial charge in [-0.15, -0.1) is 0 Å². The summed E-state index contributed by atoms with van der Waals surface area (Å²) in [5.74, 6) is -1.13. The van der Waals surface area contributed by atoms with Gasteiger partial charge in [0.2, 0.25) is 0 Å². The Labute approximate surface area is 117 Å². The minimum atomic E-state index is -0.812.